The number of benzene rings is 2. The van der Waals surface area contributed by atoms with Crippen LogP contribution in [-0.2, 0) is 9.84 Å². The summed E-state index contributed by atoms with van der Waals surface area (Å²) in [5.74, 6) is 2.74. The second-order valence-electron chi connectivity index (χ2n) is 11.7. The summed E-state index contributed by atoms with van der Waals surface area (Å²) >= 11 is 7.47. The smallest absolute Gasteiger partial charge is 0.323 e. The Morgan fingerprint density at radius 1 is 0.761 bits per heavy atom. The van der Waals surface area contributed by atoms with Gasteiger partial charge in [0, 0.05) is 69.4 Å². The van der Waals surface area contributed by atoms with E-state index in [2.05, 4.69) is 31.1 Å². The zero-order chi connectivity index (χ0) is 31.7. The van der Waals surface area contributed by atoms with E-state index >= 15 is 0 Å². The van der Waals surface area contributed by atoms with E-state index in [1.807, 2.05) is 5.38 Å². The molecule has 5 heterocycles. The highest BCUT2D eigenvalue weighted by atomic mass is 35.5. The van der Waals surface area contributed by atoms with Crippen molar-refractivity contribution in [1.29, 1.82) is 0 Å². The van der Waals surface area contributed by atoms with Crippen molar-refractivity contribution in [2.24, 2.45) is 0 Å². The van der Waals surface area contributed by atoms with Gasteiger partial charge in [-0.25, -0.2) is 18.2 Å². The number of amides is 2. The molecule has 2 aromatic heterocycles. The summed E-state index contributed by atoms with van der Waals surface area (Å²) in [5, 5.41) is 5.45. The van der Waals surface area contributed by atoms with E-state index in [0.717, 1.165) is 49.3 Å². The minimum atomic E-state index is -3.75. The van der Waals surface area contributed by atoms with Gasteiger partial charge in [-0.3, -0.25) is 5.32 Å². The van der Waals surface area contributed by atoms with E-state index < -0.39 is 9.84 Å². The monoisotopic (exact) mass is 678 g/mol. The number of hydrogen-bond donors (Lipinski definition) is 1. The van der Waals surface area contributed by atoms with Crippen LogP contribution in [0.2, 0.25) is 5.02 Å². The average molecular weight is 679 g/mol. The molecule has 4 aromatic rings. The van der Waals surface area contributed by atoms with Gasteiger partial charge in [-0.1, -0.05) is 35.9 Å². The van der Waals surface area contributed by atoms with Crippen molar-refractivity contribution < 1.29 is 13.2 Å². The maximum absolute atomic E-state index is 13.2. The zero-order valence-corrected chi connectivity index (χ0v) is 27.7. The van der Waals surface area contributed by atoms with Gasteiger partial charge in [0.1, 0.15) is 11.6 Å². The number of nitrogens with one attached hydrogen (secondary N) is 1. The predicted octanol–water partition coefficient (Wildman–Crippen LogP) is 5.64. The molecule has 0 spiro atoms. The number of aromatic nitrogens is 3. The Kier molecular flexibility index (Phi) is 8.71. The molecule has 0 aliphatic carbocycles. The van der Waals surface area contributed by atoms with Crippen molar-refractivity contribution in [2.45, 2.75) is 35.5 Å². The molecule has 7 rings (SSSR count). The molecule has 0 radical (unpaired) electrons. The van der Waals surface area contributed by atoms with E-state index in [0.29, 0.717) is 37.0 Å². The average Bonchev–Trinajstić information content (AvgIpc) is 3.89. The first-order valence-electron chi connectivity index (χ1n) is 15.6. The lowest BCUT2D eigenvalue weighted by Crippen LogP contribution is -2.50. The lowest BCUT2D eigenvalue weighted by atomic mass is 10.2. The van der Waals surface area contributed by atoms with Crippen molar-refractivity contribution in [3.05, 3.63) is 65.0 Å². The van der Waals surface area contributed by atoms with Crippen LogP contribution >= 0.6 is 22.9 Å². The molecule has 2 amide bonds. The van der Waals surface area contributed by atoms with Gasteiger partial charge in [-0.15, -0.1) is 11.3 Å². The summed E-state index contributed by atoms with van der Waals surface area (Å²) in [7, 11) is -3.75. The van der Waals surface area contributed by atoms with Crippen molar-refractivity contribution >= 4 is 61.5 Å². The van der Waals surface area contributed by atoms with Crippen LogP contribution in [0.1, 0.15) is 25.7 Å². The largest absolute Gasteiger partial charge is 0.356 e. The number of carbonyl (C=O) groups excluding carboxylic acids is 1. The van der Waals surface area contributed by atoms with E-state index in [-0.39, 0.29) is 20.8 Å². The first-order valence-corrected chi connectivity index (χ1v) is 18.3. The highest BCUT2D eigenvalue weighted by Gasteiger charge is 2.27. The molecule has 14 heteroatoms. The fourth-order valence-corrected chi connectivity index (χ4v) is 8.59. The van der Waals surface area contributed by atoms with Gasteiger partial charge in [-0.05, 0) is 49.9 Å². The molecule has 1 N–H and O–H groups in total. The van der Waals surface area contributed by atoms with Crippen molar-refractivity contribution in [2.75, 3.05) is 72.4 Å². The van der Waals surface area contributed by atoms with Crippen molar-refractivity contribution in [3.8, 4) is 11.3 Å². The summed E-state index contributed by atoms with van der Waals surface area (Å²) in [5.41, 5.74) is 1.40. The minimum Gasteiger partial charge on any atom is -0.356 e. The molecule has 0 unspecified atom stereocenters. The van der Waals surface area contributed by atoms with Gasteiger partial charge >= 0.3 is 6.03 Å². The highest BCUT2D eigenvalue weighted by Crippen LogP contribution is 2.31. The van der Waals surface area contributed by atoms with E-state index in [4.69, 9.17) is 21.6 Å². The summed E-state index contributed by atoms with van der Waals surface area (Å²) < 4.78 is 26.1. The highest BCUT2D eigenvalue weighted by molar-refractivity contribution is 7.91. The van der Waals surface area contributed by atoms with Gasteiger partial charge in [0.05, 0.1) is 20.5 Å². The molecule has 0 bridgehead atoms. The number of rotatable bonds is 7. The number of hydrogen-bond acceptors (Lipinski definition) is 10. The van der Waals surface area contributed by atoms with Gasteiger partial charge in [0.25, 0.3) is 0 Å². The predicted molar refractivity (Wildman–Crippen MR) is 182 cm³/mol. The number of anilines is 4. The molecule has 3 fully saturated rings. The molecule has 46 heavy (non-hydrogen) atoms. The second-order valence-corrected chi connectivity index (χ2v) is 14.9. The van der Waals surface area contributed by atoms with Gasteiger partial charge in [0.15, 0.2) is 5.13 Å². The Balaban J connectivity index is 0.979. The van der Waals surface area contributed by atoms with Crippen molar-refractivity contribution in [1.82, 2.24) is 19.9 Å². The van der Waals surface area contributed by atoms with Crippen molar-refractivity contribution in [3.63, 3.8) is 0 Å². The topological polar surface area (TPSA) is 115 Å². The number of nitrogens with zero attached hydrogens (tertiary/aromatic N) is 7. The lowest BCUT2D eigenvalue weighted by molar-refractivity contribution is 0.208. The number of thiazole rings is 1. The second kappa shape index (κ2) is 13.0. The van der Waals surface area contributed by atoms with E-state index in [1.54, 1.807) is 47.4 Å². The van der Waals surface area contributed by atoms with Crippen LogP contribution in [-0.4, -0.2) is 86.7 Å². The molecule has 0 saturated carbocycles. The number of carbonyl (C=O) groups is 1. The molecule has 3 aliphatic rings. The maximum Gasteiger partial charge on any atom is 0.323 e. The molecule has 0 atom stereocenters. The Bertz CT molecular complexity index is 1780. The normalized spacial score (nSPS) is 17.2. The molecule has 3 aliphatic heterocycles. The van der Waals surface area contributed by atoms with Crippen LogP contribution in [0.3, 0.4) is 0 Å². The first kappa shape index (κ1) is 30.7. The number of halogens is 1. The number of sulfone groups is 1. The van der Waals surface area contributed by atoms with E-state index in [9.17, 15) is 13.2 Å². The molecule has 3 saturated heterocycles. The van der Waals surface area contributed by atoms with Crippen LogP contribution < -0.4 is 20.0 Å². The third-order valence-electron chi connectivity index (χ3n) is 8.70. The Morgan fingerprint density at radius 3 is 2.02 bits per heavy atom. The van der Waals surface area contributed by atoms with Crippen LogP contribution in [0, 0.1) is 0 Å². The van der Waals surface area contributed by atoms with Crippen LogP contribution in [0.5, 0.6) is 0 Å². The maximum atomic E-state index is 13.2. The SMILES string of the molecule is O=C(Nc1nc(-c2ccc(S(=O)(=O)c3ccccc3Cl)cc2)cs1)N1CCN(c2cc(N3CCCC3)nc(N3CCCC3)n2)CC1. The Labute approximate surface area is 277 Å². The summed E-state index contributed by atoms with van der Waals surface area (Å²) in [6.07, 6.45) is 4.71. The molecule has 240 valence electrons. The quantitative estimate of drug-likeness (QED) is 0.265. The van der Waals surface area contributed by atoms with Crippen LogP contribution in [0.15, 0.2) is 69.8 Å². The molecule has 11 nitrogen and oxygen atoms in total. The fraction of sp³-hybridized carbons (Fsp3) is 0.375. The standard InChI is InChI=1S/C32H35ClN8O3S2/c33-25-7-1-2-8-27(25)46(43,44)24-11-9-23(10-12-24)26-22-45-31(34-26)37-32(42)41-19-17-39(18-20-41)29-21-28(38-13-3-4-14-38)35-30(36-29)40-15-5-6-16-40/h1-2,7-12,21-22H,3-6,13-20H2,(H,34,37,42). The van der Waals surface area contributed by atoms with E-state index in [1.165, 1.54) is 43.1 Å². The number of piperazine rings is 1. The minimum absolute atomic E-state index is 0.0691. The summed E-state index contributed by atoms with van der Waals surface area (Å²) in [6, 6.07) is 14.8. The fourth-order valence-electron chi connectivity index (χ4n) is 6.11. The molecular formula is C32H35ClN8O3S2. The van der Waals surface area contributed by atoms with Gasteiger partial charge < -0.3 is 19.6 Å². The van der Waals surface area contributed by atoms with Gasteiger partial charge in [-0.2, -0.15) is 9.97 Å². The third kappa shape index (κ3) is 6.36. The zero-order valence-electron chi connectivity index (χ0n) is 25.3. The Morgan fingerprint density at radius 2 is 1.37 bits per heavy atom. The summed E-state index contributed by atoms with van der Waals surface area (Å²) in [4.78, 5) is 36.6. The van der Waals surface area contributed by atoms with Crippen LogP contribution in [0.4, 0.5) is 27.5 Å². The van der Waals surface area contributed by atoms with Gasteiger partial charge in [0.2, 0.25) is 15.8 Å². The lowest BCUT2D eigenvalue weighted by Gasteiger charge is -2.35. The first-order chi connectivity index (χ1) is 22.3. The summed E-state index contributed by atoms with van der Waals surface area (Å²) in [6.45, 7) is 6.52. The molecular weight excluding hydrogens is 644 g/mol. The molecule has 2 aromatic carbocycles. The third-order valence-corrected chi connectivity index (χ3v) is 11.7. The van der Waals surface area contributed by atoms with Crippen LogP contribution in [0.25, 0.3) is 11.3 Å². The number of urea groups is 1. The Hall–Kier alpha value is -3.94.